The van der Waals surface area contributed by atoms with Gasteiger partial charge in [-0.15, -0.1) is 0 Å². The highest BCUT2D eigenvalue weighted by Gasteiger charge is 2.31. The van der Waals surface area contributed by atoms with Gasteiger partial charge in [0.15, 0.2) is 0 Å². The van der Waals surface area contributed by atoms with Gasteiger partial charge in [-0.25, -0.2) is 9.97 Å². The zero-order valence-electron chi connectivity index (χ0n) is 29.1. The van der Waals surface area contributed by atoms with E-state index in [4.69, 9.17) is 18.9 Å². The highest BCUT2D eigenvalue weighted by atomic mass is 16.6. The standard InChI is InChI=1S/C36H54N4O8/c1-5-27(15-25(17-31-19-39(3)23-37-31)21-47-35(43)29-9-7-10-29)33(41)45-13-14-46-34(42)28(6-2)16-26(18-32-20-40(4)24-38-32)22-48-36(44)30-11-8-12-30/h19-20,23-30H,5-18,21-22H2,1-4H3/t25-,26-,27-,28-/m0/s1. The summed E-state index contributed by atoms with van der Waals surface area (Å²) in [5.74, 6) is -2.02. The summed E-state index contributed by atoms with van der Waals surface area (Å²) in [4.78, 5) is 59.8. The normalized spacial score (nSPS) is 17.3. The maximum Gasteiger partial charge on any atom is 0.309 e. The molecule has 2 aliphatic carbocycles. The first kappa shape index (κ1) is 37.1. The minimum Gasteiger partial charge on any atom is -0.465 e. The fraction of sp³-hybridized carbons (Fsp3) is 0.722. The molecule has 0 aromatic carbocycles. The van der Waals surface area contributed by atoms with Gasteiger partial charge < -0.3 is 28.1 Å². The quantitative estimate of drug-likeness (QED) is 0.104. The summed E-state index contributed by atoms with van der Waals surface area (Å²) in [7, 11) is 3.80. The molecule has 2 heterocycles. The Labute approximate surface area is 284 Å². The molecule has 48 heavy (non-hydrogen) atoms. The van der Waals surface area contributed by atoms with Gasteiger partial charge in [0.25, 0.3) is 0 Å². The zero-order chi connectivity index (χ0) is 34.5. The zero-order valence-corrected chi connectivity index (χ0v) is 29.1. The number of hydrogen-bond donors (Lipinski definition) is 0. The summed E-state index contributed by atoms with van der Waals surface area (Å²) in [5, 5.41) is 0. The van der Waals surface area contributed by atoms with Gasteiger partial charge >= 0.3 is 23.9 Å². The Kier molecular flexibility index (Phi) is 14.5. The predicted octanol–water partition coefficient (Wildman–Crippen LogP) is 4.78. The largest absolute Gasteiger partial charge is 0.465 e. The van der Waals surface area contributed by atoms with E-state index in [-0.39, 0.29) is 74.0 Å². The van der Waals surface area contributed by atoms with Gasteiger partial charge in [-0.05, 0) is 76.0 Å². The smallest absolute Gasteiger partial charge is 0.309 e. The van der Waals surface area contributed by atoms with Crippen molar-refractivity contribution < 1.29 is 38.1 Å². The second kappa shape index (κ2) is 18.7. The number of ether oxygens (including phenoxy) is 4. The molecule has 2 saturated carbocycles. The lowest BCUT2D eigenvalue weighted by molar-refractivity contribution is -0.159. The van der Waals surface area contributed by atoms with Crippen LogP contribution < -0.4 is 0 Å². The van der Waals surface area contributed by atoms with Crippen LogP contribution in [0, 0.1) is 35.5 Å². The van der Waals surface area contributed by atoms with Crippen molar-refractivity contribution in [2.75, 3.05) is 26.4 Å². The van der Waals surface area contributed by atoms with E-state index in [0.29, 0.717) is 38.5 Å². The maximum absolute atomic E-state index is 13.1. The predicted molar refractivity (Wildman–Crippen MR) is 176 cm³/mol. The Morgan fingerprint density at radius 1 is 0.688 bits per heavy atom. The second-order valence-corrected chi connectivity index (χ2v) is 13.7. The summed E-state index contributed by atoms with van der Waals surface area (Å²) in [6.07, 6.45) is 16.2. The van der Waals surface area contributed by atoms with Crippen molar-refractivity contribution in [2.24, 2.45) is 49.6 Å². The number of nitrogens with zero attached hydrogens (tertiary/aromatic N) is 4. The molecule has 2 aliphatic rings. The van der Waals surface area contributed by atoms with Crippen LogP contribution in [0.1, 0.15) is 89.4 Å². The van der Waals surface area contributed by atoms with Crippen molar-refractivity contribution >= 4 is 23.9 Å². The first-order chi connectivity index (χ1) is 23.1. The molecule has 2 aromatic rings. The van der Waals surface area contributed by atoms with E-state index in [1.165, 1.54) is 0 Å². The lowest BCUT2D eigenvalue weighted by atomic mass is 9.85. The Morgan fingerprint density at radius 3 is 1.38 bits per heavy atom. The van der Waals surface area contributed by atoms with Crippen LogP contribution in [0.25, 0.3) is 0 Å². The van der Waals surface area contributed by atoms with E-state index >= 15 is 0 Å². The molecule has 12 nitrogen and oxygen atoms in total. The van der Waals surface area contributed by atoms with Gasteiger partial charge in [0.1, 0.15) is 13.2 Å². The van der Waals surface area contributed by atoms with Gasteiger partial charge in [-0.3, -0.25) is 19.2 Å². The van der Waals surface area contributed by atoms with Crippen LogP contribution in [-0.2, 0) is 65.1 Å². The van der Waals surface area contributed by atoms with Crippen LogP contribution in [0.15, 0.2) is 25.0 Å². The van der Waals surface area contributed by atoms with Crippen LogP contribution in [0.4, 0.5) is 0 Å². The average Bonchev–Trinajstić information content (AvgIpc) is 3.62. The van der Waals surface area contributed by atoms with Crippen molar-refractivity contribution in [3.8, 4) is 0 Å². The number of aromatic nitrogens is 4. The molecule has 0 N–H and O–H groups in total. The molecule has 4 atom stereocenters. The van der Waals surface area contributed by atoms with E-state index < -0.39 is 11.8 Å². The Balaban J connectivity index is 1.24. The molecule has 266 valence electrons. The number of carbonyl (C=O) groups excluding carboxylic acids is 4. The monoisotopic (exact) mass is 670 g/mol. The SMILES string of the molecule is CC[C@@H](C[C@H](COC(=O)C1CCC1)Cc1cn(C)cn1)C(=O)OCCOC(=O)[C@@H](CC)C[C@H](COC(=O)C1CCC1)Cc1cn(C)cn1. The highest BCUT2D eigenvalue weighted by molar-refractivity contribution is 5.74. The third-order valence-electron chi connectivity index (χ3n) is 9.77. The van der Waals surface area contributed by atoms with E-state index in [1.54, 1.807) is 12.7 Å². The molecule has 0 bridgehead atoms. The van der Waals surface area contributed by atoms with Crippen molar-refractivity contribution in [1.82, 2.24) is 19.1 Å². The molecule has 0 radical (unpaired) electrons. The molecule has 2 aromatic heterocycles. The first-order valence-electron chi connectivity index (χ1n) is 17.7. The fourth-order valence-electron chi connectivity index (χ4n) is 6.26. The molecule has 0 spiro atoms. The van der Waals surface area contributed by atoms with Gasteiger partial charge in [0.2, 0.25) is 0 Å². The number of rotatable bonds is 21. The summed E-state index contributed by atoms with van der Waals surface area (Å²) >= 11 is 0. The fourth-order valence-corrected chi connectivity index (χ4v) is 6.26. The molecule has 0 aliphatic heterocycles. The van der Waals surface area contributed by atoms with E-state index in [2.05, 4.69) is 9.97 Å². The van der Waals surface area contributed by atoms with Gasteiger partial charge in [-0.2, -0.15) is 0 Å². The maximum atomic E-state index is 13.1. The van der Waals surface area contributed by atoms with Crippen LogP contribution in [-0.4, -0.2) is 69.4 Å². The molecule has 4 rings (SSSR count). The van der Waals surface area contributed by atoms with Crippen LogP contribution in [0.5, 0.6) is 0 Å². The Hall–Kier alpha value is -3.70. The number of aryl methyl sites for hydroxylation is 2. The Bertz CT molecular complexity index is 1230. The van der Waals surface area contributed by atoms with E-state index in [1.807, 2.05) is 49.5 Å². The van der Waals surface area contributed by atoms with Crippen molar-refractivity contribution in [3.05, 3.63) is 36.4 Å². The summed E-state index contributed by atoms with van der Waals surface area (Å²) in [5.41, 5.74) is 1.75. The van der Waals surface area contributed by atoms with Gasteiger partial charge in [-0.1, -0.05) is 26.7 Å². The van der Waals surface area contributed by atoms with E-state index in [9.17, 15) is 19.2 Å². The molecular weight excluding hydrogens is 616 g/mol. The van der Waals surface area contributed by atoms with Crippen molar-refractivity contribution in [2.45, 2.75) is 90.9 Å². The number of hydrogen-bond acceptors (Lipinski definition) is 10. The molecule has 0 unspecified atom stereocenters. The van der Waals surface area contributed by atoms with Crippen molar-refractivity contribution in [1.29, 1.82) is 0 Å². The lowest BCUT2D eigenvalue weighted by Crippen LogP contribution is -2.29. The molecule has 0 amide bonds. The van der Waals surface area contributed by atoms with Gasteiger partial charge in [0, 0.05) is 26.5 Å². The highest BCUT2D eigenvalue weighted by Crippen LogP contribution is 2.30. The van der Waals surface area contributed by atoms with Crippen LogP contribution >= 0.6 is 0 Å². The summed E-state index contributed by atoms with van der Waals surface area (Å²) < 4.78 is 26.2. The third-order valence-corrected chi connectivity index (χ3v) is 9.77. The minimum absolute atomic E-state index is 0.0105. The minimum atomic E-state index is -0.393. The van der Waals surface area contributed by atoms with Crippen molar-refractivity contribution in [3.63, 3.8) is 0 Å². The molecular formula is C36H54N4O8. The van der Waals surface area contributed by atoms with Gasteiger partial charge in [0.05, 0.1) is 60.9 Å². The molecule has 12 heteroatoms. The van der Waals surface area contributed by atoms with E-state index in [0.717, 1.165) is 49.9 Å². The molecule has 0 saturated heterocycles. The lowest BCUT2D eigenvalue weighted by Gasteiger charge is -2.26. The number of esters is 4. The summed E-state index contributed by atoms with van der Waals surface area (Å²) in [6.45, 7) is 4.23. The third kappa shape index (κ3) is 11.5. The average molecular weight is 671 g/mol. The summed E-state index contributed by atoms with van der Waals surface area (Å²) in [6, 6.07) is 0. The molecule has 2 fully saturated rings. The number of imidazole rings is 2. The Morgan fingerprint density at radius 2 is 1.08 bits per heavy atom. The van der Waals surface area contributed by atoms with Crippen LogP contribution in [0.2, 0.25) is 0 Å². The van der Waals surface area contributed by atoms with Crippen LogP contribution in [0.3, 0.4) is 0 Å². The first-order valence-corrected chi connectivity index (χ1v) is 17.7. The topological polar surface area (TPSA) is 141 Å². The number of carbonyl (C=O) groups is 4. The second-order valence-electron chi connectivity index (χ2n) is 13.7.